The van der Waals surface area contributed by atoms with Gasteiger partial charge >= 0.3 is 0 Å². The van der Waals surface area contributed by atoms with Crippen LogP contribution in [0.15, 0.2) is 40.9 Å². The van der Waals surface area contributed by atoms with E-state index in [0.29, 0.717) is 17.5 Å². The Bertz CT molecular complexity index is 622. The molecule has 0 fully saturated rings. The van der Waals surface area contributed by atoms with E-state index in [-0.39, 0.29) is 5.82 Å². The zero-order valence-electron chi connectivity index (χ0n) is 10.8. The van der Waals surface area contributed by atoms with Crippen LogP contribution in [-0.2, 0) is 12.8 Å². The van der Waals surface area contributed by atoms with Gasteiger partial charge < -0.3 is 9.84 Å². The zero-order valence-corrected chi connectivity index (χ0v) is 12.4. The molecule has 1 aliphatic rings. The summed E-state index contributed by atoms with van der Waals surface area (Å²) in [5.41, 5.74) is 2.73. The maximum absolute atomic E-state index is 13.3. The minimum atomic E-state index is -0.644. The molecule has 0 radical (unpaired) electrons. The summed E-state index contributed by atoms with van der Waals surface area (Å²) in [7, 11) is 0. The van der Waals surface area contributed by atoms with Crippen LogP contribution in [0.25, 0.3) is 0 Å². The fourth-order valence-corrected chi connectivity index (χ4v) is 3.00. The quantitative estimate of drug-likeness (QED) is 0.923. The number of hydrogen-bond acceptors (Lipinski definition) is 2. The van der Waals surface area contributed by atoms with Gasteiger partial charge in [0.15, 0.2) is 0 Å². The second-order valence-electron chi connectivity index (χ2n) is 4.96. The highest BCUT2D eigenvalue weighted by Crippen LogP contribution is 2.29. The number of halogens is 2. The van der Waals surface area contributed by atoms with Crippen LogP contribution in [0.1, 0.15) is 22.8 Å². The van der Waals surface area contributed by atoms with Crippen molar-refractivity contribution in [2.75, 3.05) is 6.61 Å². The van der Waals surface area contributed by atoms with Crippen molar-refractivity contribution in [3.8, 4) is 5.75 Å². The third-order valence-corrected chi connectivity index (χ3v) is 3.91. The van der Waals surface area contributed by atoms with E-state index in [4.69, 9.17) is 4.74 Å². The molecule has 0 amide bonds. The minimum absolute atomic E-state index is 0.302. The van der Waals surface area contributed by atoms with E-state index in [0.717, 1.165) is 28.9 Å². The van der Waals surface area contributed by atoms with Crippen molar-refractivity contribution >= 4 is 15.9 Å². The molecule has 1 heterocycles. The molecule has 1 unspecified atom stereocenters. The van der Waals surface area contributed by atoms with Gasteiger partial charge in [0.25, 0.3) is 0 Å². The number of rotatable bonds is 3. The molecule has 3 rings (SSSR count). The van der Waals surface area contributed by atoms with Crippen molar-refractivity contribution in [3.63, 3.8) is 0 Å². The van der Waals surface area contributed by atoms with Gasteiger partial charge in [-0.25, -0.2) is 4.39 Å². The normalized spacial score (nSPS) is 14.8. The van der Waals surface area contributed by atoms with Gasteiger partial charge in [-0.05, 0) is 47.0 Å². The van der Waals surface area contributed by atoms with Crippen LogP contribution < -0.4 is 4.74 Å². The lowest BCUT2D eigenvalue weighted by Gasteiger charge is -2.12. The SMILES string of the molecule is OC(Cc1cc(F)cc(Br)c1)c1ccc2c(c1)CCO2. The Morgan fingerprint density at radius 3 is 2.90 bits per heavy atom. The molecule has 0 bridgehead atoms. The Kier molecular flexibility index (Phi) is 3.76. The van der Waals surface area contributed by atoms with Crippen molar-refractivity contribution in [1.82, 2.24) is 0 Å². The molecular weight excluding hydrogens is 323 g/mol. The first-order valence-electron chi connectivity index (χ1n) is 6.50. The maximum atomic E-state index is 13.3. The molecular formula is C16H14BrFO2. The van der Waals surface area contributed by atoms with Crippen molar-refractivity contribution in [2.24, 2.45) is 0 Å². The van der Waals surface area contributed by atoms with Crippen LogP contribution in [0, 0.1) is 5.82 Å². The topological polar surface area (TPSA) is 29.5 Å². The molecule has 20 heavy (non-hydrogen) atoms. The van der Waals surface area contributed by atoms with Crippen molar-refractivity contribution in [1.29, 1.82) is 0 Å². The van der Waals surface area contributed by atoms with Gasteiger partial charge in [-0.2, -0.15) is 0 Å². The maximum Gasteiger partial charge on any atom is 0.124 e. The molecule has 1 aliphatic heterocycles. The molecule has 2 aromatic carbocycles. The van der Waals surface area contributed by atoms with E-state index in [1.807, 2.05) is 24.3 Å². The number of ether oxygens (including phenoxy) is 1. The summed E-state index contributed by atoms with van der Waals surface area (Å²) < 4.78 is 19.5. The van der Waals surface area contributed by atoms with Crippen molar-refractivity contribution < 1.29 is 14.2 Å². The molecule has 2 nitrogen and oxygen atoms in total. The number of aliphatic hydroxyl groups excluding tert-OH is 1. The van der Waals surface area contributed by atoms with Crippen LogP contribution in [0.5, 0.6) is 5.75 Å². The Morgan fingerprint density at radius 2 is 2.10 bits per heavy atom. The largest absolute Gasteiger partial charge is 0.493 e. The third-order valence-electron chi connectivity index (χ3n) is 3.45. The molecule has 0 saturated heterocycles. The Hall–Kier alpha value is -1.39. The fourth-order valence-electron chi connectivity index (χ4n) is 2.48. The average molecular weight is 337 g/mol. The first-order valence-corrected chi connectivity index (χ1v) is 7.30. The molecule has 0 saturated carbocycles. The first kappa shape index (κ1) is 13.6. The van der Waals surface area contributed by atoms with Gasteiger partial charge in [0.1, 0.15) is 11.6 Å². The highest BCUT2D eigenvalue weighted by Gasteiger charge is 2.16. The molecule has 0 aliphatic carbocycles. The monoisotopic (exact) mass is 336 g/mol. The van der Waals surface area contributed by atoms with E-state index in [1.165, 1.54) is 12.1 Å². The second kappa shape index (κ2) is 5.54. The number of aliphatic hydroxyl groups is 1. The molecule has 0 aromatic heterocycles. The van der Waals surface area contributed by atoms with Gasteiger partial charge in [-0.15, -0.1) is 0 Å². The van der Waals surface area contributed by atoms with Crippen molar-refractivity contribution in [3.05, 3.63) is 63.4 Å². The molecule has 1 atom stereocenters. The Balaban J connectivity index is 1.80. The summed E-state index contributed by atoms with van der Waals surface area (Å²) in [4.78, 5) is 0. The fraction of sp³-hybridized carbons (Fsp3) is 0.250. The smallest absolute Gasteiger partial charge is 0.124 e. The number of benzene rings is 2. The van der Waals surface area contributed by atoms with E-state index in [1.54, 1.807) is 0 Å². The predicted octanol–water partition coefficient (Wildman–Crippen LogP) is 3.80. The molecule has 0 spiro atoms. The van der Waals surface area contributed by atoms with Gasteiger partial charge in [0, 0.05) is 17.3 Å². The Labute approximate surface area is 125 Å². The average Bonchev–Trinajstić information content (AvgIpc) is 2.84. The summed E-state index contributed by atoms with van der Waals surface area (Å²) in [6.07, 6.45) is 0.617. The summed E-state index contributed by atoms with van der Waals surface area (Å²) in [5, 5.41) is 10.3. The predicted molar refractivity (Wildman–Crippen MR) is 78.4 cm³/mol. The van der Waals surface area contributed by atoms with Gasteiger partial charge in [-0.3, -0.25) is 0 Å². The first-order chi connectivity index (χ1) is 9.61. The summed E-state index contributed by atoms with van der Waals surface area (Å²) in [6.45, 7) is 0.700. The number of fused-ring (bicyclic) bond motifs is 1. The van der Waals surface area contributed by atoms with Gasteiger partial charge in [0.2, 0.25) is 0 Å². The third kappa shape index (κ3) is 2.86. The van der Waals surface area contributed by atoms with Crippen LogP contribution >= 0.6 is 15.9 Å². The van der Waals surface area contributed by atoms with E-state index < -0.39 is 6.10 Å². The second-order valence-corrected chi connectivity index (χ2v) is 5.88. The molecule has 2 aromatic rings. The van der Waals surface area contributed by atoms with E-state index in [2.05, 4.69) is 15.9 Å². The van der Waals surface area contributed by atoms with Crippen LogP contribution in [0.4, 0.5) is 4.39 Å². The molecule has 104 valence electrons. The van der Waals surface area contributed by atoms with Crippen LogP contribution in [0.3, 0.4) is 0 Å². The van der Waals surface area contributed by atoms with E-state index >= 15 is 0 Å². The van der Waals surface area contributed by atoms with Crippen molar-refractivity contribution in [2.45, 2.75) is 18.9 Å². The highest BCUT2D eigenvalue weighted by molar-refractivity contribution is 9.10. The molecule has 1 N–H and O–H groups in total. The minimum Gasteiger partial charge on any atom is -0.493 e. The van der Waals surface area contributed by atoms with Gasteiger partial charge in [-0.1, -0.05) is 22.0 Å². The molecule has 4 heteroatoms. The van der Waals surface area contributed by atoms with Crippen LogP contribution in [-0.4, -0.2) is 11.7 Å². The van der Waals surface area contributed by atoms with Crippen LogP contribution in [0.2, 0.25) is 0 Å². The number of hydrogen-bond donors (Lipinski definition) is 1. The lowest BCUT2D eigenvalue weighted by molar-refractivity contribution is 0.178. The Morgan fingerprint density at radius 1 is 1.25 bits per heavy atom. The highest BCUT2D eigenvalue weighted by atomic mass is 79.9. The lowest BCUT2D eigenvalue weighted by atomic mass is 9.99. The standard InChI is InChI=1S/C16H14BrFO2/c17-13-5-10(6-14(18)9-13)7-15(19)11-1-2-16-12(8-11)3-4-20-16/h1-2,5-6,8-9,15,19H,3-4,7H2. The lowest BCUT2D eigenvalue weighted by Crippen LogP contribution is -2.02. The summed E-state index contributed by atoms with van der Waals surface area (Å²) in [6, 6.07) is 10.4. The zero-order chi connectivity index (χ0) is 14.1. The summed E-state index contributed by atoms with van der Waals surface area (Å²) >= 11 is 3.26. The van der Waals surface area contributed by atoms with E-state index in [9.17, 15) is 9.50 Å². The summed E-state index contributed by atoms with van der Waals surface area (Å²) in [5.74, 6) is 0.596. The van der Waals surface area contributed by atoms with Gasteiger partial charge in [0.05, 0.1) is 12.7 Å².